The zero-order valence-electron chi connectivity index (χ0n) is 12.8. The molecular formula is C17H23N3. The molecule has 2 aromatic rings. The molecule has 0 aliphatic carbocycles. The Morgan fingerprint density at radius 2 is 1.55 bits per heavy atom. The van der Waals surface area contributed by atoms with Crippen molar-refractivity contribution in [2.45, 2.75) is 34.1 Å². The lowest BCUT2D eigenvalue weighted by Crippen LogP contribution is -2.17. The Bertz CT molecular complexity index is 550. The van der Waals surface area contributed by atoms with Crippen molar-refractivity contribution in [3.63, 3.8) is 0 Å². The van der Waals surface area contributed by atoms with E-state index in [1.807, 2.05) is 0 Å². The third-order valence-corrected chi connectivity index (χ3v) is 3.53. The van der Waals surface area contributed by atoms with Crippen molar-refractivity contribution in [1.82, 2.24) is 15.3 Å². The van der Waals surface area contributed by atoms with Crippen molar-refractivity contribution in [2.24, 2.45) is 0 Å². The van der Waals surface area contributed by atoms with Crippen molar-refractivity contribution < 1.29 is 0 Å². The summed E-state index contributed by atoms with van der Waals surface area (Å²) in [5.74, 6) is 0.826. The van der Waals surface area contributed by atoms with E-state index in [0.717, 1.165) is 42.3 Å². The first-order valence-corrected chi connectivity index (χ1v) is 7.23. The predicted octanol–water partition coefficient (Wildman–Crippen LogP) is 3.22. The molecule has 20 heavy (non-hydrogen) atoms. The Labute approximate surface area is 121 Å². The molecule has 2 rings (SSSR count). The van der Waals surface area contributed by atoms with Crippen molar-refractivity contribution in [3.05, 3.63) is 46.8 Å². The molecule has 3 heteroatoms. The highest BCUT2D eigenvalue weighted by atomic mass is 14.9. The first-order valence-electron chi connectivity index (χ1n) is 7.23. The van der Waals surface area contributed by atoms with E-state index in [4.69, 9.17) is 0 Å². The normalized spacial score (nSPS) is 10.8. The minimum atomic E-state index is 0.826. The summed E-state index contributed by atoms with van der Waals surface area (Å²) in [6.45, 7) is 10.3. The summed E-state index contributed by atoms with van der Waals surface area (Å²) >= 11 is 0. The fourth-order valence-corrected chi connectivity index (χ4v) is 2.32. The van der Waals surface area contributed by atoms with Gasteiger partial charge in [0.05, 0.1) is 0 Å². The van der Waals surface area contributed by atoms with E-state index in [0.29, 0.717) is 0 Å². The van der Waals surface area contributed by atoms with Gasteiger partial charge < -0.3 is 5.32 Å². The van der Waals surface area contributed by atoms with Crippen LogP contribution in [0.5, 0.6) is 0 Å². The fourth-order valence-electron chi connectivity index (χ4n) is 2.32. The molecule has 3 nitrogen and oxygen atoms in total. The van der Waals surface area contributed by atoms with Gasteiger partial charge in [0.15, 0.2) is 5.82 Å². The summed E-state index contributed by atoms with van der Waals surface area (Å²) in [5, 5.41) is 3.35. The fraction of sp³-hybridized carbons (Fsp3) is 0.412. The summed E-state index contributed by atoms with van der Waals surface area (Å²) in [4.78, 5) is 9.35. The molecule has 1 aromatic carbocycles. The van der Waals surface area contributed by atoms with E-state index >= 15 is 0 Å². The minimum absolute atomic E-state index is 0.826. The highest BCUT2D eigenvalue weighted by Gasteiger charge is 2.09. The summed E-state index contributed by atoms with van der Waals surface area (Å²) in [6.07, 6.45) is 0.986. The van der Waals surface area contributed by atoms with Gasteiger partial charge in [-0.2, -0.15) is 0 Å². The molecule has 0 amide bonds. The van der Waals surface area contributed by atoms with Crippen LogP contribution in [0, 0.1) is 20.8 Å². The van der Waals surface area contributed by atoms with Gasteiger partial charge in [0.2, 0.25) is 0 Å². The molecule has 0 spiro atoms. The number of benzene rings is 1. The number of aryl methyl sites for hydroxylation is 3. The lowest BCUT2D eigenvalue weighted by molar-refractivity contribution is 0.708. The quantitative estimate of drug-likeness (QED) is 0.847. The van der Waals surface area contributed by atoms with Crippen LogP contribution >= 0.6 is 0 Å². The Balaban J connectivity index is 2.27. The van der Waals surface area contributed by atoms with Gasteiger partial charge in [-0.1, -0.05) is 36.8 Å². The molecule has 0 radical (unpaired) electrons. The number of likely N-dealkylation sites (N-methyl/N-ethyl adjacent to an activating group) is 1. The molecule has 0 saturated carbocycles. The van der Waals surface area contributed by atoms with E-state index in [2.05, 4.69) is 67.2 Å². The van der Waals surface area contributed by atoms with Crippen LogP contribution in [0.15, 0.2) is 24.3 Å². The molecule has 1 aromatic heterocycles. The van der Waals surface area contributed by atoms with Gasteiger partial charge in [-0.15, -0.1) is 0 Å². The topological polar surface area (TPSA) is 37.8 Å². The third-order valence-electron chi connectivity index (χ3n) is 3.53. The van der Waals surface area contributed by atoms with Gasteiger partial charge in [0.25, 0.3) is 0 Å². The van der Waals surface area contributed by atoms with Crippen LogP contribution < -0.4 is 5.32 Å². The molecule has 0 atom stereocenters. The first kappa shape index (κ1) is 14.7. The van der Waals surface area contributed by atoms with Crippen LogP contribution in [-0.2, 0) is 6.42 Å². The summed E-state index contributed by atoms with van der Waals surface area (Å²) < 4.78 is 0. The van der Waals surface area contributed by atoms with Crippen LogP contribution in [-0.4, -0.2) is 23.1 Å². The van der Waals surface area contributed by atoms with Crippen LogP contribution in [0.2, 0.25) is 0 Å². The van der Waals surface area contributed by atoms with E-state index in [1.165, 1.54) is 11.1 Å². The molecule has 0 fully saturated rings. The van der Waals surface area contributed by atoms with Crippen molar-refractivity contribution in [1.29, 1.82) is 0 Å². The lowest BCUT2D eigenvalue weighted by Gasteiger charge is -2.11. The standard InChI is InChI=1S/C17H23N3/c1-5-18-11-10-16-13(3)19-17(20-14(16)4)15-8-6-12(2)7-9-15/h6-9,18H,5,10-11H2,1-4H3. The van der Waals surface area contributed by atoms with Crippen molar-refractivity contribution in [2.75, 3.05) is 13.1 Å². The average molecular weight is 269 g/mol. The van der Waals surface area contributed by atoms with E-state index in [-0.39, 0.29) is 0 Å². The monoisotopic (exact) mass is 269 g/mol. The zero-order chi connectivity index (χ0) is 14.5. The van der Waals surface area contributed by atoms with E-state index in [9.17, 15) is 0 Å². The Morgan fingerprint density at radius 3 is 2.10 bits per heavy atom. The third kappa shape index (κ3) is 3.42. The minimum Gasteiger partial charge on any atom is -0.317 e. The summed E-state index contributed by atoms with van der Waals surface area (Å²) in [6, 6.07) is 8.37. The smallest absolute Gasteiger partial charge is 0.159 e. The van der Waals surface area contributed by atoms with Crippen LogP contribution in [0.1, 0.15) is 29.4 Å². The summed E-state index contributed by atoms with van der Waals surface area (Å²) in [5.41, 5.74) is 5.78. The molecule has 0 unspecified atom stereocenters. The highest BCUT2D eigenvalue weighted by molar-refractivity contribution is 5.56. The second-order valence-corrected chi connectivity index (χ2v) is 5.17. The Kier molecular flexibility index (Phi) is 4.85. The van der Waals surface area contributed by atoms with Gasteiger partial charge in [0.1, 0.15) is 0 Å². The SMILES string of the molecule is CCNCCc1c(C)nc(-c2ccc(C)cc2)nc1C. The maximum atomic E-state index is 4.67. The van der Waals surface area contributed by atoms with E-state index < -0.39 is 0 Å². The zero-order valence-corrected chi connectivity index (χ0v) is 12.8. The predicted molar refractivity (Wildman–Crippen MR) is 83.9 cm³/mol. The number of nitrogens with one attached hydrogen (secondary N) is 1. The largest absolute Gasteiger partial charge is 0.317 e. The first-order chi connectivity index (χ1) is 9.61. The van der Waals surface area contributed by atoms with Gasteiger partial charge in [0, 0.05) is 17.0 Å². The number of aromatic nitrogens is 2. The second kappa shape index (κ2) is 6.62. The maximum absolute atomic E-state index is 4.67. The molecule has 106 valence electrons. The molecule has 0 saturated heterocycles. The van der Waals surface area contributed by atoms with E-state index in [1.54, 1.807) is 0 Å². The van der Waals surface area contributed by atoms with Gasteiger partial charge in [-0.3, -0.25) is 0 Å². The summed E-state index contributed by atoms with van der Waals surface area (Å²) in [7, 11) is 0. The molecule has 0 aliphatic heterocycles. The maximum Gasteiger partial charge on any atom is 0.159 e. The number of rotatable bonds is 5. The van der Waals surface area contributed by atoms with Gasteiger partial charge >= 0.3 is 0 Å². The van der Waals surface area contributed by atoms with Crippen LogP contribution in [0.3, 0.4) is 0 Å². The molecule has 0 aliphatic rings. The van der Waals surface area contributed by atoms with Crippen molar-refractivity contribution in [3.8, 4) is 11.4 Å². The molecule has 1 N–H and O–H groups in total. The molecular weight excluding hydrogens is 246 g/mol. The van der Waals surface area contributed by atoms with Crippen LogP contribution in [0.25, 0.3) is 11.4 Å². The van der Waals surface area contributed by atoms with Gasteiger partial charge in [-0.25, -0.2) is 9.97 Å². The number of hydrogen-bond donors (Lipinski definition) is 1. The van der Waals surface area contributed by atoms with Crippen LogP contribution in [0.4, 0.5) is 0 Å². The second-order valence-electron chi connectivity index (χ2n) is 5.17. The highest BCUT2D eigenvalue weighted by Crippen LogP contribution is 2.19. The molecule has 0 bridgehead atoms. The number of nitrogens with zero attached hydrogens (tertiary/aromatic N) is 2. The average Bonchev–Trinajstić information content (AvgIpc) is 2.42. The van der Waals surface area contributed by atoms with Crippen molar-refractivity contribution >= 4 is 0 Å². The Hall–Kier alpha value is -1.74. The van der Waals surface area contributed by atoms with Gasteiger partial charge in [-0.05, 0) is 45.8 Å². The lowest BCUT2D eigenvalue weighted by atomic mass is 10.1. The molecule has 1 heterocycles. The number of hydrogen-bond acceptors (Lipinski definition) is 3. The Morgan fingerprint density at radius 1 is 0.950 bits per heavy atom.